The van der Waals surface area contributed by atoms with Crippen molar-refractivity contribution in [2.45, 2.75) is 19.8 Å². The molecule has 0 unspecified atom stereocenters. The van der Waals surface area contributed by atoms with Crippen molar-refractivity contribution in [3.8, 4) is 6.07 Å². The van der Waals surface area contributed by atoms with Crippen LogP contribution in [0.25, 0.3) is 0 Å². The quantitative estimate of drug-likeness (QED) is 0.777. The predicted molar refractivity (Wildman–Crippen MR) is 65.9 cm³/mol. The first-order valence-electron chi connectivity index (χ1n) is 5.72. The first kappa shape index (κ1) is 12.8. The van der Waals surface area contributed by atoms with Crippen LogP contribution in [0.15, 0.2) is 12.4 Å². The van der Waals surface area contributed by atoms with Crippen molar-refractivity contribution in [2.75, 3.05) is 13.1 Å². The Morgan fingerprint density at radius 2 is 2.11 bits per heavy atom. The summed E-state index contributed by atoms with van der Waals surface area (Å²) in [5, 5.41) is 9.30. The van der Waals surface area contributed by atoms with Gasteiger partial charge in [0.2, 0.25) is 0 Å². The maximum Gasteiger partial charge on any atom is 0.274 e. The molecular weight excluding hydrogens is 252 g/mol. The molecule has 0 N–H and O–H groups in total. The molecule has 0 aliphatic carbocycles. The average Bonchev–Trinajstić information content (AvgIpc) is 2.40. The van der Waals surface area contributed by atoms with Crippen molar-refractivity contribution in [3.05, 3.63) is 23.2 Å². The second kappa shape index (κ2) is 4.91. The number of nitriles is 1. The predicted octanol–water partition coefficient (Wildman–Crippen LogP) is 1.90. The van der Waals surface area contributed by atoms with E-state index in [2.05, 4.69) is 16.0 Å². The van der Waals surface area contributed by atoms with E-state index < -0.39 is 0 Å². The lowest BCUT2D eigenvalue weighted by Gasteiger charge is -2.34. The van der Waals surface area contributed by atoms with Crippen LogP contribution < -0.4 is 0 Å². The van der Waals surface area contributed by atoms with E-state index in [0.29, 0.717) is 31.6 Å². The fraction of sp³-hybridized carbons (Fsp3) is 0.500. The van der Waals surface area contributed by atoms with Crippen LogP contribution >= 0.6 is 11.6 Å². The fourth-order valence-electron chi connectivity index (χ4n) is 1.90. The lowest BCUT2D eigenvalue weighted by molar-refractivity contribution is 0.0655. The van der Waals surface area contributed by atoms with E-state index in [4.69, 9.17) is 16.9 Å². The fourth-order valence-corrected chi connectivity index (χ4v) is 2.00. The lowest BCUT2D eigenvalue weighted by Crippen LogP contribution is -2.42. The van der Waals surface area contributed by atoms with E-state index in [1.807, 2.05) is 6.92 Å². The van der Waals surface area contributed by atoms with E-state index in [1.54, 1.807) is 4.90 Å². The maximum absolute atomic E-state index is 12.1. The van der Waals surface area contributed by atoms with Gasteiger partial charge in [-0.05, 0) is 19.8 Å². The summed E-state index contributed by atoms with van der Waals surface area (Å²) in [6, 6.07) is 2.30. The van der Waals surface area contributed by atoms with Gasteiger partial charge in [-0.15, -0.1) is 0 Å². The summed E-state index contributed by atoms with van der Waals surface area (Å²) in [7, 11) is 0. The number of rotatable bonds is 1. The van der Waals surface area contributed by atoms with Gasteiger partial charge in [-0.3, -0.25) is 4.79 Å². The maximum atomic E-state index is 12.1. The van der Waals surface area contributed by atoms with Gasteiger partial charge in [-0.25, -0.2) is 9.97 Å². The summed E-state index contributed by atoms with van der Waals surface area (Å²) >= 11 is 5.62. The number of carbonyl (C=O) groups is 1. The molecule has 0 aromatic carbocycles. The molecular formula is C12H13ClN4O. The molecule has 2 heterocycles. The molecule has 5 nitrogen and oxygen atoms in total. The molecule has 1 aromatic heterocycles. The summed E-state index contributed by atoms with van der Waals surface area (Å²) in [5.41, 5.74) is -0.0254. The van der Waals surface area contributed by atoms with Crippen molar-refractivity contribution in [1.29, 1.82) is 5.26 Å². The number of aromatic nitrogens is 2. The molecule has 0 spiro atoms. The zero-order valence-corrected chi connectivity index (χ0v) is 10.8. The summed E-state index contributed by atoms with van der Waals surface area (Å²) < 4.78 is 0. The third-order valence-electron chi connectivity index (χ3n) is 3.26. The number of nitrogens with zero attached hydrogens (tertiary/aromatic N) is 4. The molecule has 0 bridgehead atoms. The summed E-state index contributed by atoms with van der Waals surface area (Å²) in [6.07, 6.45) is 4.12. The van der Waals surface area contributed by atoms with Gasteiger partial charge in [0.25, 0.3) is 5.91 Å². The van der Waals surface area contributed by atoms with Crippen LogP contribution in [0.4, 0.5) is 0 Å². The normalized spacial score (nSPS) is 18.2. The Balaban J connectivity index is 2.04. The first-order chi connectivity index (χ1) is 8.54. The molecule has 1 aliphatic rings. The molecule has 0 atom stereocenters. The van der Waals surface area contributed by atoms with E-state index >= 15 is 0 Å². The largest absolute Gasteiger partial charge is 0.337 e. The van der Waals surface area contributed by atoms with Crippen LogP contribution in [0, 0.1) is 16.7 Å². The number of halogens is 1. The molecule has 1 saturated heterocycles. The minimum atomic E-state index is -0.317. The van der Waals surface area contributed by atoms with Crippen LogP contribution in [-0.2, 0) is 0 Å². The number of carbonyl (C=O) groups excluding carboxylic acids is 1. The van der Waals surface area contributed by atoms with Gasteiger partial charge >= 0.3 is 0 Å². The van der Waals surface area contributed by atoms with Crippen LogP contribution in [-0.4, -0.2) is 33.9 Å². The Labute approximate surface area is 110 Å². The Morgan fingerprint density at radius 3 is 2.61 bits per heavy atom. The first-order valence-corrected chi connectivity index (χ1v) is 6.10. The monoisotopic (exact) mass is 264 g/mol. The molecule has 1 fully saturated rings. The SMILES string of the molecule is CC1(C#N)CCN(C(=O)c2cnc(Cl)cn2)CC1. The minimum Gasteiger partial charge on any atom is -0.337 e. The van der Waals surface area contributed by atoms with E-state index in [1.165, 1.54) is 12.4 Å². The molecule has 18 heavy (non-hydrogen) atoms. The number of hydrogen-bond donors (Lipinski definition) is 0. The van der Waals surface area contributed by atoms with Crippen molar-refractivity contribution >= 4 is 17.5 Å². The third-order valence-corrected chi connectivity index (χ3v) is 3.46. The van der Waals surface area contributed by atoms with E-state index in [0.717, 1.165) is 0 Å². The van der Waals surface area contributed by atoms with Crippen LogP contribution in [0.2, 0.25) is 5.15 Å². The number of hydrogen-bond acceptors (Lipinski definition) is 4. The second-order valence-corrected chi connectivity index (χ2v) is 5.08. The highest BCUT2D eigenvalue weighted by atomic mass is 35.5. The number of piperidine rings is 1. The molecule has 0 saturated carbocycles. The Bertz CT molecular complexity index is 486. The van der Waals surface area contributed by atoms with Gasteiger partial charge < -0.3 is 4.90 Å². The summed E-state index contributed by atoms with van der Waals surface area (Å²) in [5.74, 6) is -0.154. The molecule has 1 aliphatic heterocycles. The van der Waals surface area contributed by atoms with Crippen LogP contribution in [0.5, 0.6) is 0 Å². The van der Waals surface area contributed by atoms with E-state index in [9.17, 15) is 4.79 Å². The molecule has 1 amide bonds. The molecule has 2 rings (SSSR count). The Kier molecular flexibility index (Phi) is 3.48. The van der Waals surface area contributed by atoms with Crippen LogP contribution in [0.1, 0.15) is 30.3 Å². The lowest BCUT2D eigenvalue weighted by atomic mass is 9.82. The topological polar surface area (TPSA) is 69.9 Å². The van der Waals surface area contributed by atoms with Gasteiger partial charge in [0.1, 0.15) is 10.8 Å². The second-order valence-electron chi connectivity index (χ2n) is 4.69. The molecule has 1 aromatic rings. The van der Waals surface area contributed by atoms with Gasteiger partial charge in [0.15, 0.2) is 0 Å². The number of amides is 1. The van der Waals surface area contributed by atoms with Gasteiger partial charge in [-0.2, -0.15) is 5.26 Å². The smallest absolute Gasteiger partial charge is 0.274 e. The highest BCUT2D eigenvalue weighted by Gasteiger charge is 2.32. The average molecular weight is 265 g/mol. The van der Waals surface area contributed by atoms with Crippen molar-refractivity contribution in [1.82, 2.24) is 14.9 Å². The summed E-state index contributed by atoms with van der Waals surface area (Å²) in [6.45, 7) is 3.08. The van der Waals surface area contributed by atoms with Crippen molar-refractivity contribution < 1.29 is 4.79 Å². The highest BCUT2D eigenvalue weighted by Crippen LogP contribution is 2.30. The molecule has 94 valence electrons. The van der Waals surface area contributed by atoms with Gasteiger partial charge in [0.05, 0.1) is 23.9 Å². The van der Waals surface area contributed by atoms with Crippen molar-refractivity contribution in [3.63, 3.8) is 0 Å². The Hall–Kier alpha value is -1.67. The van der Waals surface area contributed by atoms with Gasteiger partial charge in [-0.1, -0.05) is 11.6 Å². The highest BCUT2D eigenvalue weighted by molar-refractivity contribution is 6.29. The van der Waals surface area contributed by atoms with Crippen LogP contribution in [0.3, 0.4) is 0 Å². The standard InChI is InChI=1S/C12H13ClN4O/c1-12(8-14)2-4-17(5-3-12)11(18)9-6-16-10(13)7-15-9/h6-7H,2-5H2,1H3. The van der Waals surface area contributed by atoms with Gasteiger partial charge in [0, 0.05) is 13.1 Å². The van der Waals surface area contributed by atoms with E-state index in [-0.39, 0.29) is 16.5 Å². The molecule has 6 heteroatoms. The minimum absolute atomic E-state index is 0.154. The zero-order chi connectivity index (χ0) is 13.2. The number of likely N-dealkylation sites (tertiary alicyclic amines) is 1. The third kappa shape index (κ3) is 2.59. The Morgan fingerprint density at radius 1 is 1.44 bits per heavy atom. The molecule has 0 radical (unpaired) electrons. The summed E-state index contributed by atoms with van der Waals surface area (Å²) in [4.78, 5) is 21.6. The zero-order valence-electron chi connectivity index (χ0n) is 10.1. The van der Waals surface area contributed by atoms with Crippen molar-refractivity contribution in [2.24, 2.45) is 5.41 Å².